The van der Waals surface area contributed by atoms with E-state index in [0.29, 0.717) is 25.3 Å². The van der Waals surface area contributed by atoms with E-state index in [-0.39, 0.29) is 0 Å². The van der Waals surface area contributed by atoms with Crippen LogP contribution in [0.3, 0.4) is 0 Å². The number of hydrogen-bond donors (Lipinski definition) is 2. The van der Waals surface area contributed by atoms with Crippen LogP contribution in [-0.2, 0) is 11.3 Å². The molecular weight excluding hydrogens is 316 g/mol. The smallest absolute Gasteiger partial charge is 0.191 e. The van der Waals surface area contributed by atoms with Gasteiger partial charge in [0.15, 0.2) is 5.96 Å². The molecule has 2 atom stereocenters. The lowest BCUT2D eigenvalue weighted by Crippen LogP contribution is -2.50. The van der Waals surface area contributed by atoms with E-state index in [1.807, 2.05) is 19.2 Å². The SMILES string of the molecule is CN=C(NCCCOCc1ccco1)NCC(C)N1CCCCC1C. The lowest BCUT2D eigenvalue weighted by atomic mass is 10.0. The molecule has 142 valence electrons. The molecule has 6 nitrogen and oxygen atoms in total. The van der Waals surface area contributed by atoms with E-state index in [1.54, 1.807) is 6.26 Å². The lowest BCUT2D eigenvalue weighted by molar-refractivity contribution is 0.104. The molecule has 0 amide bonds. The van der Waals surface area contributed by atoms with Crippen molar-refractivity contribution in [1.29, 1.82) is 0 Å². The average Bonchev–Trinajstić information content (AvgIpc) is 3.14. The second-order valence-electron chi connectivity index (χ2n) is 6.80. The number of nitrogens with one attached hydrogen (secondary N) is 2. The molecule has 2 unspecified atom stereocenters. The molecule has 0 bridgehead atoms. The molecule has 1 fully saturated rings. The topological polar surface area (TPSA) is 62.0 Å². The highest BCUT2D eigenvalue weighted by molar-refractivity contribution is 5.79. The quantitative estimate of drug-likeness (QED) is 0.407. The van der Waals surface area contributed by atoms with Gasteiger partial charge in [0.05, 0.1) is 6.26 Å². The van der Waals surface area contributed by atoms with Crippen molar-refractivity contribution in [2.75, 3.05) is 33.3 Å². The van der Waals surface area contributed by atoms with Crippen molar-refractivity contribution in [3.8, 4) is 0 Å². The summed E-state index contributed by atoms with van der Waals surface area (Å²) in [6.07, 6.45) is 6.60. The number of piperidine rings is 1. The van der Waals surface area contributed by atoms with Crippen molar-refractivity contribution in [3.63, 3.8) is 0 Å². The van der Waals surface area contributed by atoms with Gasteiger partial charge in [-0.3, -0.25) is 9.89 Å². The Labute approximate surface area is 152 Å². The van der Waals surface area contributed by atoms with Crippen LogP contribution >= 0.6 is 0 Å². The zero-order valence-electron chi connectivity index (χ0n) is 16.0. The zero-order chi connectivity index (χ0) is 17.9. The van der Waals surface area contributed by atoms with E-state index >= 15 is 0 Å². The third-order valence-electron chi connectivity index (χ3n) is 4.79. The fourth-order valence-corrected chi connectivity index (χ4v) is 3.31. The Morgan fingerprint density at radius 1 is 1.44 bits per heavy atom. The zero-order valence-corrected chi connectivity index (χ0v) is 16.0. The van der Waals surface area contributed by atoms with Crippen LogP contribution in [0.1, 0.15) is 45.3 Å². The molecule has 0 saturated carbocycles. The van der Waals surface area contributed by atoms with Gasteiger partial charge in [0.1, 0.15) is 12.4 Å². The van der Waals surface area contributed by atoms with Crippen LogP contribution in [0.25, 0.3) is 0 Å². The number of ether oxygens (including phenoxy) is 1. The predicted molar refractivity (Wildman–Crippen MR) is 102 cm³/mol. The van der Waals surface area contributed by atoms with Gasteiger partial charge in [0.2, 0.25) is 0 Å². The van der Waals surface area contributed by atoms with Gasteiger partial charge in [-0.05, 0) is 51.8 Å². The van der Waals surface area contributed by atoms with Crippen LogP contribution in [0.4, 0.5) is 0 Å². The number of aliphatic imine (C=N–C) groups is 1. The minimum atomic E-state index is 0.519. The van der Waals surface area contributed by atoms with Crippen LogP contribution in [0.2, 0.25) is 0 Å². The third-order valence-corrected chi connectivity index (χ3v) is 4.79. The fourth-order valence-electron chi connectivity index (χ4n) is 3.31. The largest absolute Gasteiger partial charge is 0.467 e. The first-order chi connectivity index (χ1) is 12.2. The molecule has 25 heavy (non-hydrogen) atoms. The molecule has 2 N–H and O–H groups in total. The van der Waals surface area contributed by atoms with E-state index in [9.17, 15) is 0 Å². The van der Waals surface area contributed by atoms with Crippen LogP contribution < -0.4 is 10.6 Å². The highest BCUT2D eigenvalue weighted by atomic mass is 16.5. The first kappa shape index (κ1) is 19.8. The van der Waals surface area contributed by atoms with Gasteiger partial charge in [-0.1, -0.05) is 6.42 Å². The Hall–Kier alpha value is -1.53. The molecule has 1 aromatic heterocycles. The van der Waals surface area contributed by atoms with Gasteiger partial charge < -0.3 is 19.8 Å². The van der Waals surface area contributed by atoms with E-state index < -0.39 is 0 Å². The molecule has 2 rings (SSSR count). The van der Waals surface area contributed by atoms with Gasteiger partial charge >= 0.3 is 0 Å². The number of guanidine groups is 1. The van der Waals surface area contributed by atoms with Crippen LogP contribution in [0, 0.1) is 0 Å². The van der Waals surface area contributed by atoms with Gasteiger partial charge in [-0.2, -0.15) is 0 Å². The summed E-state index contributed by atoms with van der Waals surface area (Å²) < 4.78 is 10.8. The van der Waals surface area contributed by atoms with Crippen LogP contribution in [0.15, 0.2) is 27.8 Å². The molecule has 0 aliphatic carbocycles. The maximum atomic E-state index is 5.58. The summed E-state index contributed by atoms with van der Waals surface area (Å²) in [5.74, 6) is 1.73. The maximum absolute atomic E-state index is 5.58. The molecule has 1 aromatic rings. The second kappa shape index (κ2) is 11.2. The molecule has 0 aromatic carbocycles. The lowest BCUT2D eigenvalue weighted by Gasteiger charge is -2.38. The van der Waals surface area contributed by atoms with E-state index in [2.05, 4.69) is 34.4 Å². The molecule has 0 spiro atoms. The minimum absolute atomic E-state index is 0.519. The summed E-state index contributed by atoms with van der Waals surface area (Å²) in [5.41, 5.74) is 0. The fraction of sp³-hybridized carbons (Fsp3) is 0.737. The summed E-state index contributed by atoms with van der Waals surface area (Å²) in [6.45, 7) is 8.84. The first-order valence-corrected chi connectivity index (χ1v) is 9.51. The molecule has 2 heterocycles. The molecule has 1 aliphatic heterocycles. The van der Waals surface area contributed by atoms with Crippen molar-refractivity contribution in [3.05, 3.63) is 24.2 Å². The summed E-state index contributed by atoms with van der Waals surface area (Å²) in [5, 5.41) is 6.79. The monoisotopic (exact) mass is 350 g/mol. The normalized spacial score (nSPS) is 20.4. The highest BCUT2D eigenvalue weighted by Crippen LogP contribution is 2.18. The minimum Gasteiger partial charge on any atom is -0.467 e. The number of furan rings is 1. The Balaban J connectivity index is 1.55. The average molecular weight is 351 g/mol. The van der Waals surface area contributed by atoms with Crippen LogP contribution in [0.5, 0.6) is 0 Å². The van der Waals surface area contributed by atoms with Crippen molar-refractivity contribution in [2.24, 2.45) is 4.99 Å². The van der Waals surface area contributed by atoms with Crippen molar-refractivity contribution in [1.82, 2.24) is 15.5 Å². The Kier molecular flexibility index (Phi) is 8.83. The molecule has 0 radical (unpaired) electrons. The highest BCUT2D eigenvalue weighted by Gasteiger charge is 2.22. The van der Waals surface area contributed by atoms with E-state index in [1.165, 1.54) is 25.8 Å². The molecule has 1 saturated heterocycles. The summed E-state index contributed by atoms with van der Waals surface area (Å²) >= 11 is 0. The van der Waals surface area contributed by atoms with Gasteiger partial charge in [0, 0.05) is 38.8 Å². The number of hydrogen-bond acceptors (Lipinski definition) is 4. The predicted octanol–water partition coefficient (Wildman–Crippen LogP) is 2.61. The Morgan fingerprint density at radius 3 is 3.04 bits per heavy atom. The number of likely N-dealkylation sites (tertiary alicyclic amines) is 1. The van der Waals surface area contributed by atoms with Gasteiger partial charge in [-0.25, -0.2) is 0 Å². The molecule has 1 aliphatic rings. The van der Waals surface area contributed by atoms with Crippen LogP contribution in [-0.4, -0.2) is 56.2 Å². The van der Waals surface area contributed by atoms with E-state index in [4.69, 9.17) is 9.15 Å². The van der Waals surface area contributed by atoms with Gasteiger partial charge in [-0.15, -0.1) is 0 Å². The Bertz CT molecular complexity index is 490. The van der Waals surface area contributed by atoms with Crippen molar-refractivity contribution >= 4 is 5.96 Å². The summed E-state index contributed by atoms with van der Waals surface area (Å²) in [6, 6.07) is 5.01. The molecular formula is C19H34N4O2. The van der Waals surface area contributed by atoms with E-state index in [0.717, 1.165) is 31.2 Å². The summed E-state index contributed by atoms with van der Waals surface area (Å²) in [7, 11) is 1.82. The second-order valence-corrected chi connectivity index (χ2v) is 6.80. The third kappa shape index (κ3) is 7.08. The standard InChI is InChI=1S/C19H34N4O2/c1-16-8-4-5-11-23(16)17(2)14-22-19(20-3)21-10-7-12-24-15-18-9-6-13-25-18/h6,9,13,16-17H,4-5,7-8,10-12,14-15H2,1-3H3,(H2,20,21,22). The molecule has 6 heteroatoms. The van der Waals surface area contributed by atoms with Gasteiger partial charge in [0.25, 0.3) is 0 Å². The Morgan fingerprint density at radius 2 is 2.32 bits per heavy atom. The number of nitrogens with zero attached hydrogens (tertiary/aromatic N) is 2. The number of rotatable bonds is 9. The van der Waals surface area contributed by atoms with Crippen molar-refractivity contribution in [2.45, 2.75) is 58.2 Å². The van der Waals surface area contributed by atoms with Crippen molar-refractivity contribution < 1.29 is 9.15 Å². The maximum Gasteiger partial charge on any atom is 0.191 e. The first-order valence-electron chi connectivity index (χ1n) is 9.51. The summed E-state index contributed by atoms with van der Waals surface area (Å²) in [4.78, 5) is 6.91.